The van der Waals surface area contributed by atoms with E-state index in [4.69, 9.17) is 0 Å². The Kier molecular flexibility index (Phi) is 4.60. The van der Waals surface area contributed by atoms with Crippen molar-refractivity contribution in [1.29, 1.82) is 0 Å². The van der Waals surface area contributed by atoms with Crippen LogP contribution < -0.4 is 5.32 Å². The minimum absolute atomic E-state index is 0.623. The van der Waals surface area contributed by atoms with Crippen LogP contribution in [0, 0.1) is 6.92 Å². The maximum atomic E-state index is 4.36. The highest BCUT2D eigenvalue weighted by molar-refractivity contribution is 5.11. The number of aromatic nitrogens is 1. The third kappa shape index (κ3) is 3.46. The fraction of sp³-hybridized carbons (Fsp3) is 0.583. The molecular formula is C12H20N2. The Morgan fingerprint density at radius 1 is 1.29 bits per heavy atom. The number of nitrogens with zero attached hydrogens (tertiary/aromatic N) is 1. The molecule has 0 aliphatic carbocycles. The molecule has 0 bridgehead atoms. The molecule has 0 aliphatic rings. The zero-order chi connectivity index (χ0) is 10.4. The molecule has 78 valence electrons. The van der Waals surface area contributed by atoms with Crippen LogP contribution in [0.1, 0.15) is 37.9 Å². The van der Waals surface area contributed by atoms with Crippen LogP contribution in [0.4, 0.5) is 0 Å². The molecular weight excluding hydrogens is 172 g/mol. The summed E-state index contributed by atoms with van der Waals surface area (Å²) in [7, 11) is 0. The minimum atomic E-state index is 0.623. The Balaban J connectivity index is 2.41. The first kappa shape index (κ1) is 11.2. The lowest BCUT2D eigenvalue weighted by Crippen LogP contribution is -2.27. The summed E-state index contributed by atoms with van der Waals surface area (Å²) in [6.45, 7) is 7.37. The maximum absolute atomic E-state index is 4.36. The number of hydrogen-bond acceptors (Lipinski definition) is 2. The van der Waals surface area contributed by atoms with Crippen molar-refractivity contribution in [3.63, 3.8) is 0 Å². The van der Waals surface area contributed by atoms with E-state index in [1.54, 1.807) is 0 Å². The smallest absolute Gasteiger partial charge is 0.0541 e. The van der Waals surface area contributed by atoms with Crippen molar-refractivity contribution in [3.8, 4) is 0 Å². The summed E-state index contributed by atoms with van der Waals surface area (Å²) in [5.74, 6) is 0. The lowest BCUT2D eigenvalue weighted by atomic mass is 10.1. The topological polar surface area (TPSA) is 24.9 Å². The van der Waals surface area contributed by atoms with Crippen molar-refractivity contribution < 1.29 is 0 Å². The quantitative estimate of drug-likeness (QED) is 0.775. The van der Waals surface area contributed by atoms with Gasteiger partial charge in [0.25, 0.3) is 0 Å². The van der Waals surface area contributed by atoms with Crippen LogP contribution >= 0.6 is 0 Å². The van der Waals surface area contributed by atoms with Gasteiger partial charge in [-0.25, -0.2) is 0 Å². The summed E-state index contributed by atoms with van der Waals surface area (Å²) < 4.78 is 0. The fourth-order valence-corrected chi connectivity index (χ4v) is 1.43. The van der Waals surface area contributed by atoms with Crippen molar-refractivity contribution in [1.82, 2.24) is 10.3 Å². The van der Waals surface area contributed by atoms with Crippen LogP contribution in [0.25, 0.3) is 0 Å². The normalized spacial score (nSPS) is 10.9. The zero-order valence-electron chi connectivity index (χ0n) is 9.38. The van der Waals surface area contributed by atoms with Crippen LogP contribution in [0.3, 0.4) is 0 Å². The molecule has 0 saturated carbocycles. The largest absolute Gasteiger partial charge is 0.308 e. The number of hydrogen-bond donors (Lipinski definition) is 1. The third-order valence-corrected chi connectivity index (χ3v) is 2.53. The van der Waals surface area contributed by atoms with E-state index in [9.17, 15) is 0 Å². The number of aryl methyl sites for hydroxylation is 1. The predicted octanol–water partition coefficient (Wildman–Crippen LogP) is 2.67. The van der Waals surface area contributed by atoms with Crippen LogP contribution in [0.15, 0.2) is 18.3 Å². The highest BCUT2D eigenvalue weighted by Gasteiger charge is 2.02. The predicted molar refractivity (Wildman–Crippen MR) is 60.2 cm³/mol. The Hall–Kier alpha value is -0.890. The summed E-state index contributed by atoms with van der Waals surface area (Å²) in [5, 5.41) is 3.49. The second-order valence-corrected chi connectivity index (χ2v) is 3.72. The van der Waals surface area contributed by atoms with Crippen LogP contribution in [-0.2, 0) is 6.54 Å². The summed E-state index contributed by atoms with van der Waals surface area (Å²) in [6.07, 6.45) is 4.29. The van der Waals surface area contributed by atoms with Gasteiger partial charge in [-0.1, -0.05) is 19.9 Å². The second-order valence-electron chi connectivity index (χ2n) is 3.72. The fourth-order valence-electron chi connectivity index (χ4n) is 1.43. The number of pyridine rings is 1. The van der Waals surface area contributed by atoms with Gasteiger partial charge in [-0.15, -0.1) is 0 Å². The van der Waals surface area contributed by atoms with E-state index in [1.807, 2.05) is 6.20 Å². The van der Waals surface area contributed by atoms with Gasteiger partial charge < -0.3 is 5.32 Å². The number of nitrogens with one attached hydrogen (secondary N) is 1. The van der Waals surface area contributed by atoms with Gasteiger partial charge in [0.2, 0.25) is 0 Å². The van der Waals surface area contributed by atoms with Crippen molar-refractivity contribution >= 4 is 0 Å². The molecule has 0 amide bonds. The molecule has 0 fully saturated rings. The lowest BCUT2D eigenvalue weighted by Gasteiger charge is -2.13. The molecule has 0 unspecified atom stereocenters. The van der Waals surface area contributed by atoms with E-state index in [2.05, 4.69) is 43.2 Å². The lowest BCUT2D eigenvalue weighted by molar-refractivity contribution is 0.480. The molecule has 0 atom stereocenters. The molecule has 1 aromatic rings. The summed E-state index contributed by atoms with van der Waals surface area (Å²) >= 11 is 0. The maximum Gasteiger partial charge on any atom is 0.0541 e. The first-order valence-corrected chi connectivity index (χ1v) is 5.41. The van der Waals surface area contributed by atoms with Crippen LogP contribution in [-0.4, -0.2) is 11.0 Å². The van der Waals surface area contributed by atoms with E-state index in [0.717, 1.165) is 12.2 Å². The summed E-state index contributed by atoms with van der Waals surface area (Å²) in [5.41, 5.74) is 2.35. The monoisotopic (exact) mass is 192 g/mol. The van der Waals surface area contributed by atoms with Gasteiger partial charge in [-0.2, -0.15) is 0 Å². The van der Waals surface area contributed by atoms with E-state index in [0.29, 0.717) is 6.04 Å². The molecule has 0 aliphatic heterocycles. The standard InChI is InChI=1S/C12H20N2/c1-4-11(5-2)14-9-12-7-6-10(3)8-13-12/h6-8,11,14H,4-5,9H2,1-3H3. The molecule has 1 rings (SSSR count). The van der Waals surface area contributed by atoms with Gasteiger partial charge in [0.1, 0.15) is 0 Å². The molecule has 0 spiro atoms. The van der Waals surface area contributed by atoms with Gasteiger partial charge >= 0.3 is 0 Å². The second kappa shape index (κ2) is 5.76. The zero-order valence-corrected chi connectivity index (χ0v) is 9.38. The van der Waals surface area contributed by atoms with Crippen LogP contribution in [0.2, 0.25) is 0 Å². The van der Waals surface area contributed by atoms with Crippen LogP contribution in [0.5, 0.6) is 0 Å². The summed E-state index contributed by atoms with van der Waals surface area (Å²) in [4.78, 5) is 4.36. The van der Waals surface area contributed by atoms with E-state index in [-0.39, 0.29) is 0 Å². The molecule has 14 heavy (non-hydrogen) atoms. The molecule has 2 nitrogen and oxygen atoms in total. The van der Waals surface area contributed by atoms with E-state index in [1.165, 1.54) is 18.4 Å². The molecule has 0 radical (unpaired) electrons. The average Bonchev–Trinajstić information content (AvgIpc) is 2.22. The van der Waals surface area contributed by atoms with Gasteiger partial charge in [-0.3, -0.25) is 4.98 Å². The van der Waals surface area contributed by atoms with Gasteiger partial charge in [0.05, 0.1) is 5.69 Å². The Bertz CT molecular complexity index is 250. The SMILES string of the molecule is CCC(CC)NCc1ccc(C)cn1. The van der Waals surface area contributed by atoms with Gasteiger partial charge in [0.15, 0.2) is 0 Å². The van der Waals surface area contributed by atoms with Crippen molar-refractivity contribution in [2.75, 3.05) is 0 Å². The molecule has 1 aromatic heterocycles. The molecule has 1 N–H and O–H groups in total. The first-order chi connectivity index (χ1) is 6.76. The van der Waals surface area contributed by atoms with Gasteiger partial charge in [-0.05, 0) is 31.4 Å². The molecule has 2 heteroatoms. The highest BCUT2D eigenvalue weighted by atomic mass is 14.9. The van der Waals surface area contributed by atoms with Crippen molar-refractivity contribution in [3.05, 3.63) is 29.6 Å². The number of rotatable bonds is 5. The van der Waals surface area contributed by atoms with E-state index < -0.39 is 0 Å². The third-order valence-electron chi connectivity index (χ3n) is 2.53. The molecule has 1 heterocycles. The van der Waals surface area contributed by atoms with Crippen molar-refractivity contribution in [2.45, 2.75) is 46.2 Å². The molecule has 0 saturated heterocycles. The van der Waals surface area contributed by atoms with Crippen molar-refractivity contribution in [2.24, 2.45) is 0 Å². The van der Waals surface area contributed by atoms with Gasteiger partial charge in [0, 0.05) is 18.8 Å². The average molecular weight is 192 g/mol. The highest BCUT2D eigenvalue weighted by Crippen LogP contribution is 2.01. The molecule has 0 aromatic carbocycles. The summed E-state index contributed by atoms with van der Waals surface area (Å²) in [6, 6.07) is 4.82. The minimum Gasteiger partial charge on any atom is -0.308 e. The Labute approximate surface area is 86.8 Å². The Morgan fingerprint density at radius 3 is 2.50 bits per heavy atom. The van der Waals surface area contributed by atoms with E-state index >= 15 is 0 Å². The Morgan fingerprint density at radius 2 is 2.00 bits per heavy atom. The first-order valence-electron chi connectivity index (χ1n) is 5.41.